The van der Waals surface area contributed by atoms with Crippen LogP contribution in [-0.2, 0) is 11.5 Å². The van der Waals surface area contributed by atoms with E-state index in [0.717, 1.165) is 28.2 Å². The Morgan fingerprint density at radius 2 is 1.78 bits per heavy atom. The van der Waals surface area contributed by atoms with Gasteiger partial charge in [0.25, 0.3) is 5.69 Å². The summed E-state index contributed by atoms with van der Waals surface area (Å²) in [5.41, 5.74) is 3.75. The van der Waals surface area contributed by atoms with Crippen molar-refractivity contribution >= 4 is 36.8 Å². The molecule has 186 valence electrons. The van der Waals surface area contributed by atoms with Gasteiger partial charge in [-0.1, -0.05) is 80.3 Å². The van der Waals surface area contributed by atoms with Crippen LogP contribution in [0.4, 0.5) is 5.69 Å². The lowest BCUT2D eigenvalue weighted by atomic mass is 9.99. The van der Waals surface area contributed by atoms with Gasteiger partial charge in [-0.15, -0.1) is 0 Å². The molecule has 0 spiro atoms. The molecule has 7 nitrogen and oxygen atoms in total. The van der Waals surface area contributed by atoms with Gasteiger partial charge in [0.05, 0.1) is 16.1 Å². The number of non-ortho nitro benzene ring substituents is 1. The minimum Gasteiger partial charge on any atom is -0.384 e. The van der Waals surface area contributed by atoms with E-state index in [9.17, 15) is 15.2 Å². The fourth-order valence-electron chi connectivity index (χ4n) is 3.88. The molecule has 1 heterocycles. The average molecular weight is 502 g/mol. The summed E-state index contributed by atoms with van der Waals surface area (Å²) in [7, 11) is -1.22. The first-order chi connectivity index (χ1) is 17.2. The Morgan fingerprint density at radius 3 is 2.50 bits per heavy atom. The van der Waals surface area contributed by atoms with Gasteiger partial charge in [-0.3, -0.25) is 10.1 Å². The van der Waals surface area contributed by atoms with Crippen molar-refractivity contribution < 1.29 is 14.8 Å². The van der Waals surface area contributed by atoms with E-state index in [-0.39, 0.29) is 5.69 Å². The number of hydrogen-bond donors (Lipinski definition) is 1. The highest BCUT2D eigenvalue weighted by Gasteiger charge is 2.18. The van der Waals surface area contributed by atoms with Crippen molar-refractivity contribution in [2.75, 3.05) is 6.61 Å². The fourth-order valence-corrected chi connectivity index (χ4v) is 4.63. The highest BCUT2D eigenvalue weighted by molar-refractivity contribution is 6.76. The van der Waals surface area contributed by atoms with Crippen LogP contribution in [0.3, 0.4) is 0 Å². The van der Waals surface area contributed by atoms with Crippen molar-refractivity contribution in [2.24, 2.45) is 0 Å². The topological polar surface area (TPSA) is 90.4 Å². The summed E-state index contributed by atoms with van der Waals surface area (Å²) in [4.78, 5) is 10.7. The van der Waals surface area contributed by atoms with E-state index < -0.39 is 19.1 Å². The van der Waals surface area contributed by atoms with Crippen LogP contribution in [0.2, 0.25) is 25.7 Å². The number of nitro groups is 1. The Labute approximate surface area is 211 Å². The Bertz CT molecular complexity index is 1380. The highest BCUT2D eigenvalue weighted by atomic mass is 28.3. The molecule has 4 aromatic rings. The van der Waals surface area contributed by atoms with Crippen molar-refractivity contribution in [3.05, 3.63) is 105 Å². The number of benzene rings is 3. The number of rotatable bonds is 10. The van der Waals surface area contributed by atoms with Crippen LogP contribution in [0, 0.1) is 10.1 Å². The van der Waals surface area contributed by atoms with Gasteiger partial charge in [0, 0.05) is 32.2 Å². The van der Waals surface area contributed by atoms with Crippen LogP contribution >= 0.6 is 0 Å². The lowest BCUT2D eigenvalue weighted by molar-refractivity contribution is -0.385. The summed E-state index contributed by atoms with van der Waals surface area (Å²) >= 11 is 0. The van der Waals surface area contributed by atoms with Crippen LogP contribution in [0.1, 0.15) is 28.5 Å². The molecule has 36 heavy (non-hydrogen) atoms. The number of fused-ring (bicyclic) bond motifs is 1. The Balaban J connectivity index is 1.67. The summed E-state index contributed by atoms with van der Waals surface area (Å²) in [5.74, 6) is 0. The third-order valence-corrected chi connectivity index (χ3v) is 7.66. The molecule has 8 heteroatoms. The largest absolute Gasteiger partial charge is 0.384 e. The van der Waals surface area contributed by atoms with Gasteiger partial charge in [0.15, 0.2) is 0 Å². The first kappa shape index (κ1) is 25.5. The third-order valence-electron chi connectivity index (χ3n) is 5.96. The highest BCUT2D eigenvalue weighted by Crippen LogP contribution is 2.29. The lowest BCUT2D eigenvalue weighted by Crippen LogP contribution is -2.22. The van der Waals surface area contributed by atoms with Gasteiger partial charge in [-0.25, -0.2) is 4.68 Å². The van der Waals surface area contributed by atoms with Crippen LogP contribution in [-0.4, -0.2) is 34.5 Å². The number of nitro benzene ring substituents is 1. The Morgan fingerprint density at radius 1 is 1.03 bits per heavy atom. The van der Waals surface area contributed by atoms with Crippen LogP contribution < -0.4 is 0 Å². The van der Waals surface area contributed by atoms with Gasteiger partial charge in [-0.2, -0.15) is 5.10 Å². The zero-order chi connectivity index (χ0) is 25.7. The molecule has 0 fully saturated rings. The molecule has 0 amide bonds. The fraction of sp³-hybridized carbons (Fsp3) is 0.250. The zero-order valence-electron chi connectivity index (χ0n) is 20.8. The standard InChI is InChI=1S/C28H31N3O4Si/c1-36(2,3)17-16-35-20-30-27-19-23(28(32)22-10-7-11-24(18-22)31(33)34)13-14-25(27)26(29-30)15-12-21-8-5-4-6-9-21/h4-15,18-19,28,32H,16-17,20H2,1-3H3/b15-12+. The van der Waals surface area contributed by atoms with E-state index in [1.807, 2.05) is 65.4 Å². The van der Waals surface area contributed by atoms with Crippen molar-refractivity contribution in [2.45, 2.75) is 38.5 Å². The summed E-state index contributed by atoms with van der Waals surface area (Å²) in [6.07, 6.45) is 2.99. The molecule has 1 aromatic heterocycles. The van der Waals surface area contributed by atoms with Crippen LogP contribution in [0.25, 0.3) is 23.1 Å². The lowest BCUT2D eigenvalue weighted by Gasteiger charge is -2.15. The number of hydrogen-bond acceptors (Lipinski definition) is 5. The van der Waals surface area contributed by atoms with Gasteiger partial charge in [0.1, 0.15) is 12.8 Å². The van der Waals surface area contributed by atoms with Gasteiger partial charge in [-0.05, 0) is 34.9 Å². The number of nitrogens with zero attached hydrogens (tertiary/aromatic N) is 3. The first-order valence-electron chi connectivity index (χ1n) is 11.9. The molecule has 0 aliphatic carbocycles. The Kier molecular flexibility index (Phi) is 7.78. The van der Waals surface area contributed by atoms with E-state index >= 15 is 0 Å². The van der Waals surface area contributed by atoms with E-state index in [1.165, 1.54) is 12.1 Å². The summed E-state index contributed by atoms with van der Waals surface area (Å²) in [5, 5.41) is 27.9. The molecule has 0 saturated carbocycles. The van der Waals surface area contributed by atoms with E-state index in [0.29, 0.717) is 24.5 Å². The van der Waals surface area contributed by atoms with Crippen LogP contribution in [0.5, 0.6) is 0 Å². The number of ether oxygens (including phenoxy) is 1. The van der Waals surface area contributed by atoms with Gasteiger partial charge in [0.2, 0.25) is 0 Å². The maximum absolute atomic E-state index is 11.2. The molecule has 0 aliphatic heterocycles. The molecule has 3 aromatic carbocycles. The molecule has 0 bridgehead atoms. The molecule has 4 rings (SSSR count). The normalized spacial score (nSPS) is 12.9. The molecule has 1 N–H and O–H groups in total. The molecule has 0 radical (unpaired) electrons. The maximum atomic E-state index is 11.2. The maximum Gasteiger partial charge on any atom is 0.269 e. The second-order valence-electron chi connectivity index (χ2n) is 10.0. The minimum atomic E-state index is -1.22. The molecule has 0 saturated heterocycles. The number of aliphatic hydroxyl groups excluding tert-OH is 1. The van der Waals surface area contributed by atoms with E-state index in [2.05, 4.69) is 19.6 Å². The molecular weight excluding hydrogens is 470 g/mol. The van der Waals surface area contributed by atoms with Crippen LogP contribution in [0.15, 0.2) is 72.8 Å². The van der Waals surface area contributed by atoms with E-state index in [1.54, 1.807) is 12.1 Å². The minimum absolute atomic E-state index is 0.0539. The predicted molar refractivity (Wildman–Crippen MR) is 146 cm³/mol. The third kappa shape index (κ3) is 6.34. The first-order valence-corrected chi connectivity index (χ1v) is 15.7. The van der Waals surface area contributed by atoms with Crippen molar-refractivity contribution in [1.82, 2.24) is 9.78 Å². The predicted octanol–water partition coefficient (Wildman–Crippen LogP) is 6.51. The number of aliphatic hydroxyl groups is 1. The van der Waals surface area contributed by atoms with Gasteiger partial charge >= 0.3 is 0 Å². The monoisotopic (exact) mass is 501 g/mol. The smallest absolute Gasteiger partial charge is 0.269 e. The SMILES string of the molecule is C[Si](C)(C)CCOCn1nc(/C=C/c2ccccc2)c2ccc(C(O)c3cccc([N+](=O)[O-])c3)cc21. The number of aromatic nitrogens is 2. The second kappa shape index (κ2) is 11.0. The van der Waals surface area contributed by atoms with Gasteiger partial charge < -0.3 is 9.84 Å². The average Bonchev–Trinajstić information content (AvgIpc) is 3.22. The summed E-state index contributed by atoms with van der Waals surface area (Å²) in [6, 6.07) is 22.8. The molecular formula is C28H31N3O4Si. The quantitative estimate of drug-likeness (QED) is 0.116. The van der Waals surface area contributed by atoms with E-state index in [4.69, 9.17) is 9.84 Å². The summed E-state index contributed by atoms with van der Waals surface area (Å²) in [6.45, 7) is 7.91. The summed E-state index contributed by atoms with van der Waals surface area (Å²) < 4.78 is 7.79. The van der Waals surface area contributed by atoms with Crippen molar-refractivity contribution in [3.8, 4) is 0 Å². The van der Waals surface area contributed by atoms with Crippen molar-refractivity contribution in [3.63, 3.8) is 0 Å². The molecule has 0 aliphatic rings. The Hall–Kier alpha value is -3.59. The van der Waals surface area contributed by atoms with Crippen molar-refractivity contribution in [1.29, 1.82) is 0 Å². The zero-order valence-corrected chi connectivity index (χ0v) is 21.8. The molecule has 1 atom stereocenters. The second-order valence-corrected chi connectivity index (χ2v) is 15.6. The molecule has 1 unspecified atom stereocenters.